The molecule has 2 nitrogen and oxygen atoms in total. The Morgan fingerprint density at radius 3 is 2.67 bits per heavy atom. The first-order chi connectivity index (χ1) is 8.72. The number of aryl methyl sites for hydroxylation is 1. The lowest BCUT2D eigenvalue weighted by Crippen LogP contribution is -2.30. The van der Waals surface area contributed by atoms with Gasteiger partial charge in [0, 0.05) is 18.4 Å². The van der Waals surface area contributed by atoms with Gasteiger partial charge in [-0.05, 0) is 56.2 Å². The minimum absolute atomic E-state index is 0.660. The van der Waals surface area contributed by atoms with Crippen LogP contribution in [0.3, 0.4) is 0 Å². The fourth-order valence-corrected chi connectivity index (χ4v) is 2.12. The largest absolute Gasteiger partial charge is 0.314 e. The Labute approximate surface area is 112 Å². The van der Waals surface area contributed by atoms with Gasteiger partial charge in [0.15, 0.2) is 0 Å². The molecular formula is C16H28N2. The lowest BCUT2D eigenvalue weighted by atomic mass is 9.98. The summed E-state index contributed by atoms with van der Waals surface area (Å²) in [6, 6.07) is 4.86. The summed E-state index contributed by atoms with van der Waals surface area (Å²) in [5.74, 6) is 0.800. The average Bonchev–Trinajstić information content (AvgIpc) is 2.39. The second-order valence-electron chi connectivity index (χ2n) is 5.52. The summed E-state index contributed by atoms with van der Waals surface area (Å²) in [4.78, 5) is 4.18. The van der Waals surface area contributed by atoms with Crippen molar-refractivity contribution in [1.29, 1.82) is 0 Å². The molecule has 0 aliphatic heterocycles. The molecular weight excluding hydrogens is 220 g/mol. The monoisotopic (exact) mass is 248 g/mol. The van der Waals surface area contributed by atoms with Gasteiger partial charge in [-0.25, -0.2) is 0 Å². The van der Waals surface area contributed by atoms with E-state index < -0.39 is 0 Å². The van der Waals surface area contributed by atoms with E-state index in [1.807, 2.05) is 18.5 Å². The molecule has 0 aromatic carbocycles. The van der Waals surface area contributed by atoms with Crippen LogP contribution in [0.1, 0.15) is 52.0 Å². The van der Waals surface area contributed by atoms with Crippen LogP contribution in [0.15, 0.2) is 24.5 Å². The number of pyridine rings is 1. The van der Waals surface area contributed by atoms with Crippen molar-refractivity contribution in [1.82, 2.24) is 10.3 Å². The zero-order valence-corrected chi connectivity index (χ0v) is 12.2. The molecule has 0 aliphatic carbocycles. The van der Waals surface area contributed by atoms with E-state index in [0.29, 0.717) is 6.04 Å². The Morgan fingerprint density at radius 2 is 2.06 bits per heavy atom. The van der Waals surface area contributed by atoms with Gasteiger partial charge in [-0.15, -0.1) is 0 Å². The van der Waals surface area contributed by atoms with Gasteiger partial charge in [-0.2, -0.15) is 0 Å². The van der Waals surface area contributed by atoms with E-state index in [2.05, 4.69) is 37.1 Å². The molecule has 1 heterocycles. The molecule has 0 aliphatic rings. The van der Waals surface area contributed by atoms with E-state index in [0.717, 1.165) is 18.9 Å². The predicted molar refractivity (Wildman–Crippen MR) is 78.7 cm³/mol. The average molecular weight is 248 g/mol. The second-order valence-corrected chi connectivity index (χ2v) is 5.52. The highest BCUT2D eigenvalue weighted by molar-refractivity contribution is 5.08. The summed E-state index contributed by atoms with van der Waals surface area (Å²) in [5.41, 5.74) is 1.35. The SMILES string of the molecule is CCCNC(CCc1cccnc1)CCC(C)C. The van der Waals surface area contributed by atoms with Crippen LogP contribution >= 0.6 is 0 Å². The third kappa shape index (κ3) is 6.75. The molecule has 0 amide bonds. The number of nitrogens with zero attached hydrogens (tertiary/aromatic N) is 1. The maximum absolute atomic E-state index is 4.18. The van der Waals surface area contributed by atoms with Crippen LogP contribution in [0, 0.1) is 5.92 Å². The summed E-state index contributed by atoms with van der Waals surface area (Å²) < 4.78 is 0. The van der Waals surface area contributed by atoms with Crippen LogP contribution in [0.5, 0.6) is 0 Å². The summed E-state index contributed by atoms with van der Waals surface area (Å²) in [6.45, 7) is 7.97. The smallest absolute Gasteiger partial charge is 0.0299 e. The van der Waals surface area contributed by atoms with Crippen LogP contribution < -0.4 is 5.32 Å². The van der Waals surface area contributed by atoms with Crippen molar-refractivity contribution < 1.29 is 0 Å². The molecule has 0 radical (unpaired) electrons. The molecule has 1 aromatic rings. The van der Waals surface area contributed by atoms with Gasteiger partial charge < -0.3 is 5.32 Å². The quantitative estimate of drug-likeness (QED) is 0.718. The summed E-state index contributed by atoms with van der Waals surface area (Å²) in [6.07, 6.45) is 10.00. The van der Waals surface area contributed by atoms with Crippen LogP contribution in [-0.4, -0.2) is 17.6 Å². The first-order valence-electron chi connectivity index (χ1n) is 7.34. The van der Waals surface area contributed by atoms with Gasteiger partial charge in [0.25, 0.3) is 0 Å². The zero-order valence-electron chi connectivity index (χ0n) is 12.2. The molecule has 102 valence electrons. The summed E-state index contributed by atoms with van der Waals surface area (Å²) in [5, 5.41) is 3.67. The molecule has 0 saturated heterocycles. The van der Waals surface area contributed by atoms with Crippen molar-refractivity contribution >= 4 is 0 Å². The molecule has 2 heteroatoms. The number of aromatic nitrogens is 1. The Kier molecular flexibility index (Phi) is 7.66. The van der Waals surface area contributed by atoms with Gasteiger partial charge in [-0.3, -0.25) is 4.98 Å². The van der Waals surface area contributed by atoms with Crippen molar-refractivity contribution in [3.05, 3.63) is 30.1 Å². The van der Waals surface area contributed by atoms with Crippen LogP contribution in [0.4, 0.5) is 0 Å². The molecule has 1 N–H and O–H groups in total. The molecule has 1 rings (SSSR count). The summed E-state index contributed by atoms with van der Waals surface area (Å²) >= 11 is 0. The van der Waals surface area contributed by atoms with Crippen molar-refractivity contribution in [2.45, 2.75) is 58.9 Å². The lowest BCUT2D eigenvalue weighted by Gasteiger charge is -2.19. The zero-order chi connectivity index (χ0) is 13.2. The van der Waals surface area contributed by atoms with Crippen molar-refractivity contribution in [3.63, 3.8) is 0 Å². The predicted octanol–water partition coefficient (Wildman–Crippen LogP) is 3.82. The first kappa shape index (κ1) is 15.2. The molecule has 1 aromatic heterocycles. The third-order valence-corrected chi connectivity index (χ3v) is 3.28. The Bertz CT molecular complexity index is 295. The van der Waals surface area contributed by atoms with E-state index in [4.69, 9.17) is 0 Å². The van der Waals surface area contributed by atoms with E-state index in [1.165, 1.54) is 31.2 Å². The molecule has 0 saturated carbocycles. The highest BCUT2D eigenvalue weighted by Gasteiger charge is 2.09. The topological polar surface area (TPSA) is 24.9 Å². The molecule has 0 spiro atoms. The maximum Gasteiger partial charge on any atom is 0.0299 e. The van der Waals surface area contributed by atoms with E-state index in [-0.39, 0.29) is 0 Å². The van der Waals surface area contributed by atoms with E-state index in [9.17, 15) is 0 Å². The van der Waals surface area contributed by atoms with Crippen molar-refractivity contribution in [2.75, 3.05) is 6.54 Å². The minimum atomic E-state index is 0.660. The number of hydrogen-bond donors (Lipinski definition) is 1. The fraction of sp³-hybridized carbons (Fsp3) is 0.688. The van der Waals surface area contributed by atoms with Gasteiger partial charge in [0.1, 0.15) is 0 Å². The van der Waals surface area contributed by atoms with Gasteiger partial charge in [0.05, 0.1) is 0 Å². The standard InChI is InChI=1S/C16H28N2/c1-4-11-18-16(9-7-14(2)3)10-8-15-6-5-12-17-13-15/h5-6,12-14,16,18H,4,7-11H2,1-3H3. The van der Waals surface area contributed by atoms with Crippen LogP contribution in [0.2, 0.25) is 0 Å². The molecule has 0 bridgehead atoms. The Morgan fingerprint density at radius 1 is 1.22 bits per heavy atom. The lowest BCUT2D eigenvalue weighted by molar-refractivity contribution is 0.410. The molecule has 0 fully saturated rings. The Balaban J connectivity index is 2.35. The van der Waals surface area contributed by atoms with Crippen molar-refractivity contribution in [3.8, 4) is 0 Å². The number of hydrogen-bond acceptors (Lipinski definition) is 2. The summed E-state index contributed by atoms with van der Waals surface area (Å²) in [7, 11) is 0. The van der Waals surface area contributed by atoms with Gasteiger partial charge >= 0.3 is 0 Å². The van der Waals surface area contributed by atoms with Gasteiger partial charge in [-0.1, -0.05) is 26.8 Å². The molecule has 1 atom stereocenters. The van der Waals surface area contributed by atoms with Gasteiger partial charge in [0.2, 0.25) is 0 Å². The van der Waals surface area contributed by atoms with Crippen LogP contribution in [0.25, 0.3) is 0 Å². The Hall–Kier alpha value is -0.890. The van der Waals surface area contributed by atoms with Crippen molar-refractivity contribution in [2.24, 2.45) is 5.92 Å². The highest BCUT2D eigenvalue weighted by atomic mass is 14.9. The van der Waals surface area contributed by atoms with E-state index in [1.54, 1.807) is 0 Å². The second kappa shape index (κ2) is 9.09. The number of rotatable bonds is 9. The fourth-order valence-electron chi connectivity index (χ4n) is 2.12. The maximum atomic E-state index is 4.18. The van der Waals surface area contributed by atoms with Crippen LogP contribution in [-0.2, 0) is 6.42 Å². The third-order valence-electron chi connectivity index (χ3n) is 3.28. The molecule has 1 unspecified atom stereocenters. The highest BCUT2D eigenvalue weighted by Crippen LogP contribution is 2.12. The molecule has 18 heavy (non-hydrogen) atoms. The minimum Gasteiger partial charge on any atom is -0.314 e. The normalized spacial score (nSPS) is 12.9. The number of nitrogens with one attached hydrogen (secondary N) is 1. The first-order valence-corrected chi connectivity index (χ1v) is 7.34. The van der Waals surface area contributed by atoms with E-state index >= 15 is 0 Å².